The van der Waals surface area contributed by atoms with Crippen LogP contribution in [0.2, 0.25) is 0 Å². The number of rotatable bonds is 4. The van der Waals surface area contributed by atoms with E-state index in [1.165, 1.54) is 18.2 Å². The summed E-state index contributed by atoms with van der Waals surface area (Å²) in [4.78, 5) is 3.48. The first-order valence-corrected chi connectivity index (χ1v) is 9.23. The van der Waals surface area contributed by atoms with Crippen LogP contribution < -0.4 is 4.74 Å². The van der Waals surface area contributed by atoms with Crippen molar-refractivity contribution in [3.05, 3.63) is 71.3 Å². The van der Waals surface area contributed by atoms with Crippen LogP contribution in [0.1, 0.15) is 11.1 Å². The zero-order chi connectivity index (χ0) is 23.0. The third kappa shape index (κ3) is 5.46. The number of halogens is 8. The Morgan fingerprint density at radius 2 is 1.52 bits per heavy atom. The van der Waals surface area contributed by atoms with Crippen molar-refractivity contribution in [1.29, 1.82) is 0 Å². The molecule has 1 aromatic heterocycles. The molecule has 0 atom stereocenters. The second-order valence-electron chi connectivity index (χ2n) is 6.22. The van der Waals surface area contributed by atoms with Gasteiger partial charge in [0.2, 0.25) is 0 Å². The molecule has 2 nitrogen and oxygen atoms in total. The molecule has 1 heterocycles. The molecule has 11 heteroatoms. The molecule has 0 amide bonds. The maximum absolute atomic E-state index is 14.5. The second kappa shape index (κ2) is 8.37. The van der Waals surface area contributed by atoms with Gasteiger partial charge in [0.1, 0.15) is 11.4 Å². The van der Waals surface area contributed by atoms with Crippen molar-refractivity contribution < 1.29 is 39.9 Å². The van der Waals surface area contributed by atoms with E-state index >= 15 is 0 Å². The Kier molecular flexibility index (Phi) is 6.17. The summed E-state index contributed by atoms with van der Waals surface area (Å²) in [5.41, 5.74) is -6.57. The molecule has 3 aromatic rings. The number of benzene rings is 2. The lowest BCUT2D eigenvalue weighted by Gasteiger charge is -2.13. The number of alkyl halides is 6. The summed E-state index contributed by atoms with van der Waals surface area (Å²) in [6, 6.07) is 8.02. The lowest BCUT2D eigenvalue weighted by Crippen LogP contribution is -2.05. The first-order valence-electron chi connectivity index (χ1n) is 8.42. The number of hydrogen-bond donors (Lipinski definition) is 0. The van der Waals surface area contributed by atoms with E-state index in [9.17, 15) is 35.1 Å². The van der Waals surface area contributed by atoms with Gasteiger partial charge in [-0.1, -0.05) is 18.2 Å². The van der Waals surface area contributed by atoms with Crippen molar-refractivity contribution >= 4 is 11.8 Å². The molecule has 0 aliphatic heterocycles. The quantitative estimate of drug-likeness (QED) is 0.290. The van der Waals surface area contributed by atoms with E-state index in [0.29, 0.717) is 12.1 Å². The Morgan fingerprint density at radius 1 is 0.871 bits per heavy atom. The molecular weight excluding hydrogens is 454 g/mol. The third-order valence-electron chi connectivity index (χ3n) is 4.01. The number of aromatic nitrogens is 1. The molecule has 2 aromatic carbocycles. The highest BCUT2D eigenvalue weighted by Gasteiger charge is 2.31. The average molecular weight is 465 g/mol. The van der Waals surface area contributed by atoms with Crippen LogP contribution in [-0.2, 0) is 6.18 Å². The van der Waals surface area contributed by atoms with Gasteiger partial charge in [0, 0.05) is 16.0 Å². The van der Waals surface area contributed by atoms with Crippen LogP contribution in [0, 0.1) is 18.6 Å². The minimum atomic E-state index is -4.60. The van der Waals surface area contributed by atoms with Crippen LogP contribution in [0.3, 0.4) is 0 Å². The smallest absolute Gasteiger partial charge is 0.436 e. The molecule has 0 unspecified atom stereocenters. The van der Waals surface area contributed by atoms with E-state index < -0.39 is 57.8 Å². The molecule has 0 radical (unpaired) electrons. The molecule has 164 valence electrons. The summed E-state index contributed by atoms with van der Waals surface area (Å²) < 4.78 is 110. The first-order chi connectivity index (χ1) is 14.3. The lowest BCUT2D eigenvalue weighted by molar-refractivity contribution is -0.137. The number of hydrogen-bond acceptors (Lipinski definition) is 3. The molecule has 0 bridgehead atoms. The van der Waals surface area contributed by atoms with E-state index in [0.717, 1.165) is 25.1 Å². The predicted octanol–water partition coefficient (Wildman–Crippen LogP) is 7.76. The molecule has 0 aliphatic carbocycles. The first kappa shape index (κ1) is 22.9. The molecule has 0 saturated carbocycles. The van der Waals surface area contributed by atoms with Crippen LogP contribution in [-0.4, -0.2) is 10.5 Å². The van der Waals surface area contributed by atoms with E-state index in [4.69, 9.17) is 4.74 Å². The van der Waals surface area contributed by atoms with Crippen molar-refractivity contribution in [3.8, 4) is 22.9 Å². The fraction of sp³-hybridized carbons (Fsp3) is 0.150. The van der Waals surface area contributed by atoms with Gasteiger partial charge in [-0.25, -0.2) is 13.8 Å². The topological polar surface area (TPSA) is 22.1 Å². The monoisotopic (exact) mass is 465 g/mol. The number of ether oxygens (including phenoxy) is 1. The summed E-state index contributed by atoms with van der Waals surface area (Å²) in [6.45, 7) is 1.07. The summed E-state index contributed by atoms with van der Waals surface area (Å²) in [5, 5.41) is 0. The molecular formula is C20H11F8NOS. The van der Waals surface area contributed by atoms with Gasteiger partial charge in [-0.3, -0.25) is 0 Å². The SMILES string of the molecule is Cc1c(F)c(Oc2cccc(SC(F)(F)F)c2)nc(-c2ccc(C(F)(F)F)cc2)c1F. The summed E-state index contributed by atoms with van der Waals surface area (Å²) in [5.74, 6) is -3.22. The minimum Gasteiger partial charge on any atom is -0.436 e. The Balaban J connectivity index is 1.98. The Bertz CT molecular complexity index is 1090. The zero-order valence-electron chi connectivity index (χ0n) is 15.4. The average Bonchev–Trinajstić information content (AvgIpc) is 2.67. The van der Waals surface area contributed by atoms with Gasteiger partial charge in [0.05, 0.1) is 5.56 Å². The maximum Gasteiger partial charge on any atom is 0.446 e. The highest BCUT2D eigenvalue weighted by atomic mass is 32.2. The van der Waals surface area contributed by atoms with Gasteiger partial charge in [-0.15, -0.1) is 0 Å². The van der Waals surface area contributed by atoms with Crippen LogP contribution in [0.15, 0.2) is 53.4 Å². The van der Waals surface area contributed by atoms with Crippen molar-refractivity contribution in [2.75, 3.05) is 0 Å². The Labute approximate surface area is 174 Å². The second-order valence-corrected chi connectivity index (χ2v) is 7.36. The number of thioether (sulfide) groups is 1. The maximum atomic E-state index is 14.5. The summed E-state index contributed by atoms with van der Waals surface area (Å²) in [6.07, 6.45) is -4.60. The zero-order valence-corrected chi connectivity index (χ0v) is 16.2. The van der Waals surface area contributed by atoms with Crippen LogP contribution in [0.5, 0.6) is 11.6 Å². The largest absolute Gasteiger partial charge is 0.446 e. The highest BCUT2D eigenvalue weighted by molar-refractivity contribution is 8.00. The predicted molar refractivity (Wildman–Crippen MR) is 97.8 cm³/mol. The van der Waals surface area contributed by atoms with Gasteiger partial charge in [0.15, 0.2) is 11.6 Å². The Morgan fingerprint density at radius 3 is 2.10 bits per heavy atom. The molecule has 0 spiro atoms. The molecule has 0 N–H and O–H groups in total. The van der Waals surface area contributed by atoms with Crippen LogP contribution in [0.25, 0.3) is 11.3 Å². The van der Waals surface area contributed by atoms with Crippen molar-refractivity contribution in [2.45, 2.75) is 23.5 Å². The summed E-state index contributed by atoms with van der Waals surface area (Å²) in [7, 11) is 0. The molecule has 0 saturated heterocycles. The van der Waals surface area contributed by atoms with Crippen LogP contribution in [0.4, 0.5) is 35.1 Å². The molecule has 31 heavy (non-hydrogen) atoms. The van der Waals surface area contributed by atoms with Gasteiger partial charge in [-0.2, -0.15) is 26.3 Å². The summed E-state index contributed by atoms with van der Waals surface area (Å²) >= 11 is -0.407. The number of nitrogens with zero attached hydrogens (tertiary/aromatic N) is 1. The van der Waals surface area contributed by atoms with E-state index in [2.05, 4.69) is 4.98 Å². The van der Waals surface area contributed by atoms with E-state index in [-0.39, 0.29) is 16.2 Å². The van der Waals surface area contributed by atoms with Crippen molar-refractivity contribution in [1.82, 2.24) is 4.98 Å². The standard InChI is InChI=1S/C20H11F8NOS/c1-10-15(21)17(11-5-7-12(8-6-11)19(23,24)25)29-18(16(10)22)30-13-3-2-4-14(9-13)31-20(26,27)28/h2-9H,1H3. The number of pyridine rings is 1. The lowest BCUT2D eigenvalue weighted by atomic mass is 10.1. The molecule has 0 fully saturated rings. The third-order valence-corrected chi connectivity index (χ3v) is 4.73. The fourth-order valence-electron chi connectivity index (χ4n) is 2.56. The van der Waals surface area contributed by atoms with E-state index in [1.54, 1.807) is 0 Å². The fourth-order valence-corrected chi connectivity index (χ4v) is 3.15. The molecule has 0 aliphatic rings. The van der Waals surface area contributed by atoms with Gasteiger partial charge < -0.3 is 4.74 Å². The minimum absolute atomic E-state index is 0.0696. The van der Waals surface area contributed by atoms with Gasteiger partial charge >= 0.3 is 11.7 Å². The Hall–Kier alpha value is -2.82. The van der Waals surface area contributed by atoms with Crippen molar-refractivity contribution in [2.24, 2.45) is 0 Å². The van der Waals surface area contributed by atoms with Crippen LogP contribution >= 0.6 is 11.8 Å². The van der Waals surface area contributed by atoms with E-state index in [1.807, 2.05) is 0 Å². The van der Waals surface area contributed by atoms with Gasteiger partial charge in [0.25, 0.3) is 5.88 Å². The normalized spacial score (nSPS) is 12.2. The highest BCUT2D eigenvalue weighted by Crippen LogP contribution is 2.39. The molecule has 3 rings (SSSR count). The van der Waals surface area contributed by atoms with Crippen molar-refractivity contribution in [3.63, 3.8) is 0 Å². The van der Waals surface area contributed by atoms with Gasteiger partial charge in [-0.05, 0) is 49.0 Å².